The predicted octanol–water partition coefficient (Wildman–Crippen LogP) is 1.09. The van der Waals surface area contributed by atoms with Gasteiger partial charge in [0.15, 0.2) is 11.5 Å². The summed E-state index contributed by atoms with van der Waals surface area (Å²) in [4.78, 5) is 42.9. The number of nitrogens with one attached hydrogen (secondary N) is 1. The summed E-state index contributed by atoms with van der Waals surface area (Å²) >= 11 is 0. The molecule has 8 nitrogen and oxygen atoms in total. The van der Waals surface area contributed by atoms with Gasteiger partial charge in [0, 0.05) is 13.1 Å². The molecule has 2 saturated heterocycles. The molecule has 1 aromatic carbocycles. The summed E-state index contributed by atoms with van der Waals surface area (Å²) in [5.74, 6) is 0.0546. The van der Waals surface area contributed by atoms with Gasteiger partial charge in [-0.05, 0) is 25.0 Å². The smallest absolute Gasteiger partial charge is 0.325 e. The molecule has 0 radical (unpaired) electrons. The topological polar surface area (TPSA) is 95.8 Å². The van der Waals surface area contributed by atoms with E-state index in [1.165, 1.54) is 0 Å². The second kappa shape index (κ2) is 6.19. The Labute approximate surface area is 143 Å². The molecule has 0 saturated carbocycles. The molecule has 2 aliphatic heterocycles. The maximum atomic E-state index is 12.5. The number of oxazole rings is 1. The van der Waals surface area contributed by atoms with Gasteiger partial charge in [-0.1, -0.05) is 12.1 Å². The van der Waals surface area contributed by atoms with Crippen LogP contribution in [-0.4, -0.2) is 58.8 Å². The number of imide groups is 1. The number of urea groups is 1. The van der Waals surface area contributed by atoms with Crippen LogP contribution in [0.2, 0.25) is 0 Å². The Bertz CT molecular complexity index is 797. The Hall–Kier alpha value is -2.90. The summed E-state index contributed by atoms with van der Waals surface area (Å²) in [7, 11) is 0. The average Bonchev–Trinajstić information content (AvgIpc) is 3.20. The van der Waals surface area contributed by atoms with Crippen LogP contribution in [0.25, 0.3) is 11.1 Å². The first-order valence-electron chi connectivity index (χ1n) is 8.33. The van der Waals surface area contributed by atoms with Gasteiger partial charge in [-0.2, -0.15) is 0 Å². The van der Waals surface area contributed by atoms with E-state index in [0.717, 1.165) is 28.8 Å². The zero-order valence-corrected chi connectivity index (χ0v) is 13.6. The number of carbonyl (C=O) groups is 3. The third kappa shape index (κ3) is 2.95. The number of nitrogens with zero attached hydrogens (tertiary/aromatic N) is 3. The average molecular weight is 342 g/mol. The van der Waals surface area contributed by atoms with E-state index < -0.39 is 6.03 Å². The van der Waals surface area contributed by atoms with Gasteiger partial charge in [0.05, 0.1) is 12.5 Å². The van der Waals surface area contributed by atoms with Gasteiger partial charge >= 0.3 is 6.03 Å². The lowest BCUT2D eigenvalue weighted by Crippen LogP contribution is -2.46. The highest BCUT2D eigenvalue weighted by molar-refractivity contribution is 6.04. The highest BCUT2D eigenvalue weighted by Crippen LogP contribution is 2.29. The Balaban J connectivity index is 1.46. The van der Waals surface area contributed by atoms with E-state index in [1.807, 2.05) is 24.3 Å². The van der Waals surface area contributed by atoms with Crippen molar-refractivity contribution in [1.29, 1.82) is 0 Å². The number of benzene rings is 1. The molecule has 0 spiro atoms. The fourth-order valence-electron chi connectivity index (χ4n) is 3.32. The van der Waals surface area contributed by atoms with E-state index in [0.29, 0.717) is 19.0 Å². The van der Waals surface area contributed by atoms with Crippen molar-refractivity contribution in [2.75, 3.05) is 26.2 Å². The van der Waals surface area contributed by atoms with Gasteiger partial charge in [-0.3, -0.25) is 14.5 Å². The summed E-state index contributed by atoms with van der Waals surface area (Å²) in [5.41, 5.74) is 1.54. The first kappa shape index (κ1) is 15.6. The van der Waals surface area contributed by atoms with Gasteiger partial charge in [-0.15, -0.1) is 0 Å². The van der Waals surface area contributed by atoms with Gasteiger partial charge in [-0.25, -0.2) is 9.78 Å². The predicted molar refractivity (Wildman–Crippen MR) is 87.7 cm³/mol. The van der Waals surface area contributed by atoms with Gasteiger partial charge in [0.25, 0.3) is 5.91 Å². The molecule has 1 N–H and O–H groups in total. The normalized spacial score (nSPS) is 21.0. The first-order valence-corrected chi connectivity index (χ1v) is 8.33. The Kier molecular flexibility index (Phi) is 3.87. The molecule has 0 bridgehead atoms. The molecule has 0 aliphatic carbocycles. The number of carbonyl (C=O) groups excluding carboxylic acids is 3. The number of amides is 4. The molecule has 3 heterocycles. The van der Waals surface area contributed by atoms with E-state index >= 15 is 0 Å². The Morgan fingerprint density at radius 3 is 2.92 bits per heavy atom. The van der Waals surface area contributed by atoms with E-state index in [4.69, 9.17) is 4.42 Å². The number of rotatable bonds is 3. The maximum absolute atomic E-state index is 12.5. The van der Waals surface area contributed by atoms with Crippen molar-refractivity contribution >= 4 is 28.9 Å². The van der Waals surface area contributed by atoms with Crippen LogP contribution in [0.1, 0.15) is 24.7 Å². The van der Waals surface area contributed by atoms with Crippen molar-refractivity contribution in [3.05, 3.63) is 30.2 Å². The van der Waals surface area contributed by atoms with E-state index in [1.54, 1.807) is 4.90 Å². The quantitative estimate of drug-likeness (QED) is 0.842. The van der Waals surface area contributed by atoms with Crippen LogP contribution in [0.15, 0.2) is 28.7 Å². The highest BCUT2D eigenvalue weighted by atomic mass is 16.3. The SMILES string of the molecule is O=C(CN1C(=O)CNC1=O)N1CCC[C@@H](c2nc3ccccc3o2)C1. The molecule has 0 unspecified atom stereocenters. The van der Waals surface area contributed by atoms with Crippen molar-refractivity contribution in [3.8, 4) is 0 Å². The summed E-state index contributed by atoms with van der Waals surface area (Å²) in [5, 5.41) is 2.42. The standard InChI is InChI=1S/C17H18N4O4/c22-14-8-18-17(24)21(14)10-15(23)20-7-3-4-11(9-20)16-19-12-5-1-2-6-13(12)25-16/h1-2,5-6,11H,3-4,7-10H2,(H,18,24)/t11-/m1/s1. The number of hydrogen-bond acceptors (Lipinski definition) is 5. The molecular weight excluding hydrogens is 324 g/mol. The minimum atomic E-state index is -0.508. The van der Waals surface area contributed by atoms with Gasteiger partial charge in [0.2, 0.25) is 5.91 Å². The molecule has 4 rings (SSSR count). The molecule has 1 atom stereocenters. The zero-order chi connectivity index (χ0) is 17.4. The summed E-state index contributed by atoms with van der Waals surface area (Å²) in [6.45, 7) is 0.830. The largest absolute Gasteiger partial charge is 0.440 e. The molecule has 4 amide bonds. The molecule has 2 aliphatic rings. The van der Waals surface area contributed by atoms with Crippen LogP contribution < -0.4 is 5.32 Å². The lowest BCUT2D eigenvalue weighted by molar-refractivity contribution is -0.137. The van der Waals surface area contributed by atoms with Crippen LogP contribution in [-0.2, 0) is 9.59 Å². The third-order valence-corrected chi connectivity index (χ3v) is 4.66. The van der Waals surface area contributed by atoms with Crippen molar-refractivity contribution in [2.45, 2.75) is 18.8 Å². The first-order chi connectivity index (χ1) is 12.1. The van der Waals surface area contributed by atoms with E-state index in [9.17, 15) is 14.4 Å². The maximum Gasteiger partial charge on any atom is 0.325 e. The molecule has 25 heavy (non-hydrogen) atoms. The van der Waals surface area contributed by atoms with Crippen LogP contribution >= 0.6 is 0 Å². The number of fused-ring (bicyclic) bond motifs is 1. The molecule has 2 fully saturated rings. The lowest BCUT2D eigenvalue weighted by Gasteiger charge is -2.32. The van der Waals surface area contributed by atoms with Crippen LogP contribution in [0.4, 0.5) is 4.79 Å². The summed E-state index contributed by atoms with van der Waals surface area (Å²) < 4.78 is 5.83. The van der Waals surface area contributed by atoms with E-state index in [2.05, 4.69) is 10.3 Å². The molecule has 2 aromatic rings. The summed E-state index contributed by atoms with van der Waals surface area (Å²) in [6, 6.07) is 7.06. The minimum absolute atomic E-state index is 0.0215. The highest BCUT2D eigenvalue weighted by Gasteiger charge is 2.34. The van der Waals surface area contributed by atoms with Crippen molar-refractivity contribution in [3.63, 3.8) is 0 Å². The summed E-state index contributed by atoms with van der Waals surface area (Å²) in [6.07, 6.45) is 1.72. The number of hydrogen-bond donors (Lipinski definition) is 1. The van der Waals surface area contributed by atoms with E-state index in [-0.39, 0.29) is 30.8 Å². The monoisotopic (exact) mass is 342 g/mol. The van der Waals surface area contributed by atoms with Crippen LogP contribution in [0.3, 0.4) is 0 Å². The number of aromatic nitrogens is 1. The molecule has 8 heteroatoms. The Morgan fingerprint density at radius 2 is 2.16 bits per heavy atom. The number of para-hydroxylation sites is 2. The second-order valence-corrected chi connectivity index (χ2v) is 6.34. The molecule has 1 aromatic heterocycles. The van der Waals surface area contributed by atoms with Crippen molar-refractivity contribution in [2.24, 2.45) is 0 Å². The minimum Gasteiger partial charge on any atom is -0.440 e. The molecular formula is C17H18N4O4. The number of piperidine rings is 1. The van der Waals surface area contributed by atoms with Crippen LogP contribution in [0.5, 0.6) is 0 Å². The van der Waals surface area contributed by atoms with Gasteiger partial charge in [0.1, 0.15) is 12.1 Å². The third-order valence-electron chi connectivity index (χ3n) is 4.66. The second-order valence-electron chi connectivity index (χ2n) is 6.34. The number of likely N-dealkylation sites (tertiary alicyclic amines) is 1. The van der Waals surface area contributed by atoms with Crippen molar-refractivity contribution < 1.29 is 18.8 Å². The lowest BCUT2D eigenvalue weighted by atomic mass is 9.98. The van der Waals surface area contributed by atoms with Crippen molar-refractivity contribution in [1.82, 2.24) is 20.1 Å². The fourth-order valence-corrected chi connectivity index (χ4v) is 3.32. The van der Waals surface area contributed by atoms with Crippen LogP contribution in [0, 0.1) is 0 Å². The Morgan fingerprint density at radius 1 is 1.32 bits per heavy atom. The fraction of sp³-hybridized carbons (Fsp3) is 0.412. The zero-order valence-electron chi connectivity index (χ0n) is 13.6. The molecule has 130 valence electrons. The van der Waals surface area contributed by atoms with Gasteiger partial charge < -0.3 is 14.6 Å².